The lowest BCUT2D eigenvalue weighted by molar-refractivity contribution is -0.141. The number of nitrogens with zero attached hydrogens (tertiary/aromatic N) is 1. The van der Waals surface area contributed by atoms with Gasteiger partial charge in [-0.05, 0) is 18.4 Å². The van der Waals surface area contributed by atoms with E-state index in [1.54, 1.807) is 28.9 Å². The van der Waals surface area contributed by atoms with E-state index in [-0.39, 0.29) is 0 Å². The van der Waals surface area contributed by atoms with Crippen molar-refractivity contribution in [1.29, 1.82) is 0 Å². The molecular weight excluding hydrogens is 292 g/mol. The van der Waals surface area contributed by atoms with Gasteiger partial charge in [0.15, 0.2) is 0 Å². The van der Waals surface area contributed by atoms with Crippen molar-refractivity contribution in [2.24, 2.45) is 0 Å². The van der Waals surface area contributed by atoms with Crippen molar-refractivity contribution < 1.29 is 19.8 Å². The molecule has 0 rings (SSSR count). The van der Waals surface area contributed by atoms with Gasteiger partial charge in [0.1, 0.15) is 6.04 Å². The molecule has 1 atom stereocenters. The Hall–Kier alpha value is -1.57. The molecule has 0 aliphatic heterocycles. The SMILES string of the molecule is C=CC(=O)O.C=CCN(CC=C)N[C@@H](CCSC)C(=O)O. The smallest absolute Gasteiger partial charge is 0.327 e. The summed E-state index contributed by atoms with van der Waals surface area (Å²) in [5, 5.41) is 18.4. The van der Waals surface area contributed by atoms with E-state index in [9.17, 15) is 9.59 Å². The zero-order valence-electron chi connectivity index (χ0n) is 12.3. The zero-order chi connectivity index (χ0) is 16.7. The maximum absolute atomic E-state index is 11.0. The number of thioether (sulfide) groups is 1. The van der Waals surface area contributed by atoms with Crippen LogP contribution in [0.4, 0.5) is 0 Å². The Morgan fingerprint density at radius 2 is 1.71 bits per heavy atom. The minimum absolute atomic E-state index is 0.549. The van der Waals surface area contributed by atoms with Crippen LogP contribution >= 0.6 is 11.8 Å². The van der Waals surface area contributed by atoms with Gasteiger partial charge in [-0.15, -0.1) is 13.2 Å². The molecular formula is C14H24N2O4S. The first-order valence-electron chi connectivity index (χ1n) is 6.22. The standard InChI is InChI=1S/C11H20N2O2S.C3H4O2/c1-4-7-13(8-5-2)12-10(11(14)15)6-9-16-3;1-2-3(4)5/h4-5,10,12H,1-2,6-9H2,3H3,(H,14,15);2H,1H2,(H,4,5)/t10-;/m0./s1. The van der Waals surface area contributed by atoms with Crippen molar-refractivity contribution in [3.63, 3.8) is 0 Å². The predicted octanol–water partition coefficient (Wildman–Crippen LogP) is 1.63. The Bertz CT molecular complexity index is 338. The van der Waals surface area contributed by atoms with Gasteiger partial charge in [0.2, 0.25) is 0 Å². The van der Waals surface area contributed by atoms with Gasteiger partial charge in [0.25, 0.3) is 0 Å². The highest BCUT2D eigenvalue weighted by molar-refractivity contribution is 7.98. The fourth-order valence-electron chi connectivity index (χ4n) is 1.19. The predicted molar refractivity (Wildman–Crippen MR) is 87.4 cm³/mol. The Balaban J connectivity index is 0. The van der Waals surface area contributed by atoms with Crippen molar-refractivity contribution in [3.8, 4) is 0 Å². The Labute approximate surface area is 130 Å². The second-order valence-corrected chi connectivity index (χ2v) is 4.81. The first-order chi connectivity index (χ1) is 9.92. The summed E-state index contributed by atoms with van der Waals surface area (Å²) in [6, 6.07) is -0.549. The maximum Gasteiger partial charge on any atom is 0.327 e. The number of carboxylic acid groups (broad SMARTS) is 2. The van der Waals surface area contributed by atoms with Gasteiger partial charge in [0.05, 0.1) is 0 Å². The number of hydrogen-bond donors (Lipinski definition) is 3. The second kappa shape index (κ2) is 14.8. The molecule has 0 fully saturated rings. The number of carboxylic acids is 2. The van der Waals surface area contributed by atoms with Crippen LogP contribution in [0.5, 0.6) is 0 Å². The number of hydrogen-bond acceptors (Lipinski definition) is 5. The largest absolute Gasteiger partial charge is 0.480 e. The first-order valence-corrected chi connectivity index (χ1v) is 7.62. The number of rotatable bonds is 11. The lowest BCUT2D eigenvalue weighted by Crippen LogP contribution is -2.48. The average Bonchev–Trinajstić information content (AvgIpc) is 2.44. The lowest BCUT2D eigenvalue weighted by atomic mass is 10.2. The monoisotopic (exact) mass is 316 g/mol. The van der Waals surface area contributed by atoms with Crippen LogP contribution in [0.25, 0.3) is 0 Å². The average molecular weight is 316 g/mol. The fourth-order valence-corrected chi connectivity index (χ4v) is 1.66. The highest BCUT2D eigenvalue weighted by atomic mass is 32.2. The third-order valence-electron chi connectivity index (χ3n) is 2.12. The van der Waals surface area contributed by atoms with Crippen LogP contribution in [0.1, 0.15) is 6.42 Å². The van der Waals surface area contributed by atoms with Crippen LogP contribution in [0.15, 0.2) is 38.0 Å². The van der Waals surface area contributed by atoms with Gasteiger partial charge < -0.3 is 10.2 Å². The van der Waals surface area contributed by atoms with Crippen LogP contribution in [-0.4, -0.2) is 58.3 Å². The molecule has 21 heavy (non-hydrogen) atoms. The Morgan fingerprint density at radius 1 is 1.24 bits per heavy atom. The summed E-state index contributed by atoms with van der Waals surface area (Å²) < 4.78 is 0. The van der Waals surface area contributed by atoms with E-state index in [0.717, 1.165) is 11.8 Å². The molecule has 0 aromatic heterocycles. The molecule has 0 unspecified atom stereocenters. The molecule has 0 aromatic carbocycles. The topological polar surface area (TPSA) is 89.9 Å². The van der Waals surface area contributed by atoms with E-state index >= 15 is 0 Å². The summed E-state index contributed by atoms with van der Waals surface area (Å²) in [7, 11) is 0. The number of aliphatic carboxylic acids is 2. The molecule has 7 heteroatoms. The summed E-state index contributed by atoms with van der Waals surface area (Å²) >= 11 is 1.64. The molecule has 0 bridgehead atoms. The summed E-state index contributed by atoms with van der Waals surface area (Å²) in [5.74, 6) is -0.989. The lowest BCUT2D eigenvalue weighted by Gasteiger charge is -2.24. The van der Waals surface area contributed by atoms with Gasteiger partial charge >= 0.3 is 11.9 Å². The van der Waals surface area contributed by atoms with Crippen LogP contribution in [-0.2, 0) is 9.59 Å². The van der Waals surface area contributed by atoms with Gasteiger partial charge in [-0.25, -0.2) is 15.2 Å². The van der Waals surface area contributed by atoms with Crippen molar-refractivity contribution in [3.05, 3.63) is 38.0 Å². The van der Waals surface area contributed by atoms with E-state index < -0.39 is 18.0 Å². The molecule has 0 heterocycles. The summed E-state index contributed by atoms with van der Waals surface area (Å²) in [4.78, 5) is 20.2. The molecule has 3 N–H and O–H groups in total. The third-order valence-corrected chi connectivity index (χ3v) is 2.76. The van der Waals surface area contributed by atoms with Gasteiger partial charge in [0, 0.05) is 19.2 Å². The summed E-state index contributed by atoms with van der Waals surface area (Å²) in [6.07, 6.45) is 6.85. The molecule has 0 aromatic rings. The molecule has 0 radical (unpaired) electrons. The first kappa shape index (κ1) is 21.7. The summed E-state index contributed by atoms with van der Waals surface area (Å²) in [5.41, 5.74) is 2.97. The Kier molecular flexibility index (Phi) is 15.3. The highest BCUT2D eigenvalue weighted by Gasteiger charge is 2.18. The minimum atomic E-state index is -0.981. The molecule has 6 nitrogen and oxygen atoms in total. The van der Waals surface area contributed by atoms with E-state index in [4.69, 9.17) is 10.2 Å². The normalized spacial score (nSPS) is 11.0. The fraction of sp³-hybridized carbons (Fsp3) is 0.429. The molecule has 0 saturated carbocycles. The minimum Gasteiger partial charge on any atom is -0.480 e. The van der Waals surface area contributed by atoms with Crippen molar-refractivity contribution >= 4 is 23.7 Å². The van der Waals surface area contributed by atoms with E-state index in [2.05, 4.69) is 25.2 Å². The molecule has 0 amide bonds. The maximum atomic E-state index is 11.0. The molecule has 0 aliphatic rings. The molecule has 120 valence electrons. The van der Waals surface area contributed by atoms with Crippen LogP contribution in [0, 0.1) is 0 Å². The highest BCUT2D eigenvalue weighted by Crippen LogP contribution is 2.02. The van der Waals surface area contributed by atoms with Crippen molar-refractivity contribution in [2.45, 2.75) is 12.5 Å². The third kappa shape index (κ3) is 14.6. The van der Waals surface area contributed by atoms with Gasteiger partial charge in [-0.1, -0.05) is 18.7 Å². The number of nitrogens with one attached hydrogen (secondary N) is 1. The number of carbonyl (C=O) groups is 2. The number of hydrazine groups is 1. The van der Waals surface area contributed by atoms with Crippen LogP contribution in [0.3, 0.4) is 0 Å². The van der Waals surface area contributed by atoms with Crippen LogP contribution in [0.2, 0.25) is 0 Å². The van der Waals surface area contributed by atoms with Crippen molar-refractivity contribution in [2.75, 3.05) is 25.1 Å². The van der Waals surface area contributed by atoms with Gasteiger partial charge in [-0.3, -0.25) is 4.79 Å². The quantitative estimate of drug-likeness (QED) is 0.303. The Morgan fingerprint density at radius 3 is 2.00 bits per heavy atom. The van der Waals surface area contributed by atoms with E-state index in [1.165, 1.54) is 0 Å². The second-order valence-electron chi connectivity index (χ2n) is 3.83. The summed E-state index contributed by atoms with van der Waals surface area (Å²) in [6.45, 7) is 11.4. The van der Waals surface area contributed by atoms with E-state index in [0.29, 0.717) is 19.5 Å². The zero-order valence-corrected chi connectivity index (χ0v) is 13.1. The van der Waals surface area contributed by atoms with Gasteiger partial charge in [-0.2, -0.15) is 11.8 Å². The molecule has 0 aliphatic carbocycles. The van der Waals surface area contributed by atoms with E-state index in [1.807, 2.05) is 6.26 Å². The molecule has 0 spiro atoms. The van der Waals surface area contributed by atoms with Crippen molar-refractivity contribution in [1.82, 2.24) is 10.4 Å². The molecule has 0 saturated heterocycles. The van der Waals surface area contributed by atoms with Crippen LogP contribution < -0.4 is 5.43 Å².